The molecule has 1 aromatic heterocycles. The summed E-state index contributed by atoms with van der Waals surface area (Å²) in [5.41, 5.74) is -1.51. The molecule has 0 aliphatic carbocycles. The number of benzene rings is 2. The van der Waals surface area contributed by atoms with Crippen molar-refractivity contribution < 1.29 is 31.9 Å². The van der Waals surface area contributed by atoms with Crippen LogP contribution in [0.15, 0.2) is 54.7 Å². The lowest BCUT2D eigenvalue weighted by molar-refractivity contribution is -0.136. The second-order valence-electron chi connectivity index (χ2n) is 6.25. The fourth-order valence-electron chi connectivity index (χ4n) is 3.01. The van der Waals surface area contributed by atoms with E-state index in [0.29, 0.717) is 5.69 Å². The van der Waals surface area contributed by atoms with E-state index in [1.165, 1.54) is 41.3 Å². The lowest BCUT2D eigenvalue weighted by atomic mass is 10.0. The van der Waals surface area contributed by atoms with E-state index >= 15 is 0 Å². The molecule has 0 radical (unpaired) electrons. The molecule has 0 bridgehead atoms. The van der Waals surface area contributed by atoms with Gasteiger partial charge in [0, 0.05) is 23.8 Å². The molecule has 30 heavy (non-hydrogen) atoms. The SMILES string of the molecule is CCN(C(=O)COC(=O)c1cnc2ccccc2c1C(F)(F)F)c1ccc(F)cc1. The standard InChI is InChI=1S/C21H16F4N2O3/c1-2-27(14-9-7-13(22)8-10-14)18(28)12-30-20(29)16-11-26-17-6-4-3-5-15(17)19(16)21(23,24)25/h3-11H,2,12H2,1H3. The number of halogens is 4. The summed E-state index contributed by atoms with van der Waals surface area (Å²) in [6, 6.07) is 10.6. The van der Waals surface area contributed by atoms with Crippen LogP contribution in [0.2, 0.25) is 0 Å². The Labute approximate surface area is 168 Å². The molecule has 0 aliphatic heterocycles. The van der Waals surface area contributed by atoms with E-state index in [0.717, 1.165) is 18.3 Å². The third-order valence-electron chi connectivity index (χ3n) is 4.36. The van der Waals surface area contributed by atoms with Crippen LogP contribution >= 0.6 is 0 Å². The topological polar surface area (TPSA) is 59.5 Å². The van der Waals surface area contributed by atoms with Gasteiger partial charge in [-0.1, -0.05) is 18.2 Å². The molecular formula is C21H16F4N2O3. The fourth-order valence-corrected chi connectivity index (χ4v) is 3.01. The predicted molar refractivity (Wildman–Crippen MR) is 101 cm³/mol. The van der Waals surface area contributed by atoms with E-state index in [-0.39, 0.29) is 17.4 Å². The quantitative estimate of drug-likeness (QED) is 0.447. The number of likely N-dealkylation sites (N-methyl/N-ethyl adjacent to an activating group) is 1. The van der Waals surface area contributed by atoms with Gasteiger partial charge in [-0.05, 0) is 37.3 Å². The van der Waals surface area contributed by atoms with Crippen molar-refractivity contribution in [1.29, 1.82) is 0 Å². The molecule has 0 unspecified atom stereocenters. The number of hydrogen-bond donors (Lipinski definition) is 0. The summed E-state index contributed by atoms with van der Waals surface area (Å²) >= 11 is 0. The molecule has 9 heteroatoms. The number of pyridine rings is 1. The number of amides is 1. The van der Waals surface area contributed by atoms with E-state index in [2.05, 4.69) is 4.98 Å². The van der Waals surface area contributed by atoms with E-state index in [1.807, 2.05) is 0 Å². The van der Waals surface area contributed by atoms with Crippen molar-refractivity contribution in [3.63, 3.8) is 0 Å². The Bertz CT molecular complexity index is 1080. The molecule has 3 aromatic rings. The zero-order chi connectivity index (χ0) is 21.9. The van der Waals surface area contributed by atoms with Crippen LogP contribution in [0.4, 0.5) is 23.2 Å². The Hall–Kier alpha value is -3.49. The Kier molecular flexibility index (Phi) is 6.00. The molecule has 0 atom stereocenters. The average Bonchev–Trinajstić information content (AvgIpc) is 2.72. The minimum atomic E-state index is -4.83. The van der Waals surface area contributed by atoms with Gasteiger partial charge >= 0.3 is 12.1 Å². The minimum Gasteiger partial charge on any atom is -0.452 e. The highest BCUT2D eigenvalue weighted by atomic mass is 19.4. The van der Waals surface area contributed by atoms with Crippen molar-refractivity contribution in [1.82, 2.24) is 4.98 Å². The van der Waals surface area contributed by atoms with Crippen molar-refractivity contribution in [3.8, 4) is 0 Å². The largest absolute Gasteiger partial charge is 0.452 e. The maximum atomic E-state index is 13.6. The summed E-state index contributed by atoms with van der Waals surface area (Å²) in [5.74, 6) is -2.47. The third-order valence-corrected chi connectivity index (χ3v) is 4.36. The first-order valence-corrected chi connectivity index (χ1v) is 8.90. The first-order valence-electron chi connectivity index (χ1n) is 8.90. The molecule has 1 amide bonds. The summed E-state index contributed by atoms with van der Waals surface area (Å²) in [5, 5.41) is -0.243. The highest BCUT2D eigenvalue weighted by Gasteiger charge is 2.38. The number of para-hydroxylation sites is 1. The highest BCUT2D eigenvalue weighted by Crippen LogP contribution is 2.37. The van der Waals surface area contributed by atoms with Gasteiger partial charge in [0.25, 0.3) is 5.91 Å². The molecule has 0 spiro atoms. The van der Waals surface area contributed by atoms with Crippen LogP contribution < -0.4 is 4.90 Å². The van der Waals surface area contributed by atoms with E-state index in [9.17, 15) is 27.2 Å². The van der Waals surface area contributed by atoms with Gasteiger partial charge in [-0.15, -0.1) is 0 Å². The number of esters is 1. The lowest BCUT2D eigenvalue weighted by Crippen LogP contribution is -2.34. The fraction of sp³-hybridized carbons (Fsp3) is 0.190. The second kappa shape index (κ2) is 8.48. The number of ether oxygens (including phenoxy) is 1. The number of hydrogen-bond acceptors (Lipinski definition) is 4. The lowest BCUT2D eigenvalue weighted by Gasteiger charge is -2.21. The van der Waals surface area contributed by atoms with Crippen molar-refractivity contribution in [3.05, 3.63) is 71.7 Å². The molecule has 2 aromatic carbocycles. The number of fused-ring (bicyclic) bond motifs is 1. The summed E-state index contributed by atoms with van der Waals surface area (Å²) in [6.45, 7) is 1.06. The summed E-state index contributed by atoms with van der Waals surface area (Å²) < 4.78 is 58.8. The molecule has 5 nitrogen and oxygen atoms in total. The first-order chi connectivity index (χ1) is 14.2. The number of aromatic nitrogens is 1. The maximum Gasteiger partial charge on any atom is 0.417 e. The zero-order valence-corrected chi connectivity index (χ0v) is 15.7. The van der Waals surface area contributed by atoms with Gasteiger partial charge in [0.15, 0.2) is 6.61 Å². The van der Waals surface area contributed by atoms with Crippen molar-refractivity contribution in [2.45, 2.75) is 13.1 Å². The Balaban J connectivity index is 1.83. The molecule has 3 rings (SSSR count). The minimum absolute atomic E-state index is 0.0749. The molecule has 0 aliphatic rings. The van der Waals surface area contributed by atoms with Crippen molar-refractivity contribution in [2.75, 3.05) is 18.1 Å². The van der Waals surface area contributed by atoms with Crippen LogP contribution in [0.1, 0.15) is 22.8 Å². The van der Waals surface area contributed by atoms with Gasteiger partial charge in [-0.25, -0.2) is 9.18 Å². The molecular weight excluding hydrogens is 404 g/mol. The molecule has 0 N–H and O–H groups in total. The predicted octanol–water partition coefficient (Wildman–Crippen LogP) is 4.60. The number of alkyl halides is 3. The smallest absolute Gasteiger partial charge is 0.417 e. The normalized spacial score (nSPS) is 11.4. The maximum absolute atomic E-state index is 13.6. The van der Waals surface area contributed by atoms with Crippen molar-refractivity contribution >= 4 is 28.5 Å². The van der Waals surface area contributed by atoms with Gasteiger partial charge in [0.2, 0.25) is 0 Å². The van der Waals surface area contributed by atoms with Gasteiger partial charge in [0.05, 0.1) is 16.6 Å². The van der Waals surface area contributed by atoms with Crippen LogP contribution in [0, 0.1) is 5.82 Å². The second-order valence-corrected chi connectivity index (χ2v) is 6.25. The Morgan fingerprint density at radius 3 is 2.37 bits per heavy atom. The van der Waals surface area contributed by atoms with Crippen LogP contribution in [-0.2, 0) is 15.7 Å². The monoisotopic (exact) mass is 420 g/mol. The average molecular weight is 420 g/mol. The molecule has 0 saturated carbocycles. The van der Waals surface area contributed by atoms with Gasteiger partial charge in [-0.3, -0.25) is 9.78 Å². The third kappa shape index (κ3) is 4.40. The number of nitrogens with zero attached hydrogens (tertiary/aromatic N) is 2. The molecule has 0 saturated heterocycles. The van der Waals surface area contributed by atoms with Gasteiger partial charge < -0.3 is 9.64 Å². The molecule has 0 fully saturated rings. The Morgan fingerprint density at radius 2 is 1.73 bits per heavy atom. The first kappa shape index (κ1) is 21.2. The summed E-state index contributed by atoms with van der Waals surface area (Å²) in [7, 11) is 0. The molecule has 1 heterocycles. The molecule has 156 valence electrons. The van der Waals surface area contributed by atoms with Crippen LogP contribution in [0.25, 0.3) is 10.9 Å². The van der Waals surface area contributed by atoms with Crippen LogP contribution in [0.3, 0.4) is 0 Å². The van der Waals surface area contributed by atoms with Crippen LogP contribution in [-0.4, -0.2) is 30.0 Å². The van der Waals surface area contributed by atoms with Crippen molar-refractivity contribution in [2.24, 2.45) is 0 Å². The summed E-state index contributed by atoms with van der Waals surface area (Å²) in [4.78, 5) is 29.9. The Morgan fingerprint density at radius 1 is 1.07 bits per heavy atom. The van der Waals surface area contributed by atoms with Gasteiger partial charge in [0.1, 0.15) is 5.82 Å². The highest BCUT2D eigenvalue weighted by molar-refractivity contribution is 6.00. The zero-order valence-electron chi connectivity index (χ0n) is 15.7. The van der Waals surface area contributed by atoms with E-state index in [4.69, 9.17) is 4.74 Å². The number of carbonyl (C=O) groups excluding carboxylic acids is 2. The van der Waals surface area contributed by atoms with E-state index in [1.54, 1.807) is 6.92 Å². The van der Waals surface area contributed by atoms with E-state index < -0.39 is 41.6 Å². The number of anilines is 1. The van der Waals surface area contributed by atoms with Gasteiger partial charge in [-0.2, -0.15) is 13.2 Å². The van der Waals surface area contributed by atoms with Crippen LogP contribution in [0.5, 0.6) is 0 Å². The number of rotatable bonds is 5. The number of carbonyl (C=O) groups is 2. The summed E-state index contributed by atoms with van der Waals surface area (Å²) in [6.07, 6.45) is -4.04.